The molecule has 1 fully saturated rings. The van der Waals surface area contributed by atoms with E-state index < -0.39 is 0 Å². The van der Waals surface area contributed by atoms with Crippen LogP contribution in [0, 0.1) is 19.8 Å². The Morgan fingerprint density at radius 3 is 2.88 bits per heavy atom. The van der Waals surface area contributed by atoms with Gasteiger partial charge in [0, 0.05) is 18.6 Å². The van der Waals surface area contributed by atoms with Crippen molar-refractivity contribution in [2.75, 3.05) is 13.2 Å². The van der Waals surface area contributed by atoms with Gasteiger partial charge >= 0.3 is 0 Å². The molecule has 0 saturated carbocycles. The molecule has 0 aromatic heterocycles. The Morgan fingerprint density at radius 1 is 1.38 bits per heavy atom. The number of hydrogen-bond donors (Lipinski definition) is 1. The molecule has 16 heavy (non-hydrogen) atoms. The van der Waals surface area contributed by atoms with Crippen LogP contribution < -0.4 is 5.73 Å². The van der Waals surface area contributed by atoms with E-state index >= 15 is 0 Å². The largest absolute Gasteiger partial charge is 0.381 e. The van der Waals surface area contributed by atoms with Crippen LogP contribution in [0.25, 0.3) is 0 Å². The molecule has 0 spiro atoms. The average molecular weight is 219 g/mol. The summed E-state index contributed by atoms with van der Waals surface area (Å²) in [7, 11) is 0. The molecule has 2 rings (SSSR count). The fourth-order valence-electron chi connectivity index (χ4n) is 2.44. The van der Waals surface area contributed by atoms with E-state index in [2.05, 4.69) is 32.0 Å². The van der Waals surface area contributed by atoms with Crippen LogP contribution in [-0.2, 0) is 4.74 Å². The second-order valence-corrected chi connectivity index (χ2v) is 4.79. The number of benzene rings is 1. The zero-order valence-corrected chi connectivity index (χ0v) is 10.2. The second kappa shape index (κ2) is 4.98. The first-order valence-electron chi connectivity index (χ1n) is 6.09. The van der Waals surface area contributed by atoms with Crippen LogP contribution in [0.5, 0.6) is 0 Å². The van der Waals surface area contributed by atoms with Crippen LogP contribution in [0.4, 0.5) is 0 Å². The molecule has 0 aliphatic carbocycles. The average Bonchev–Trinajstić information content (AvgIpc) is 2.33. The van der Waals surface area contributed by atoms with Gasteiger partial charge in [-0.25, -0.2) is 0 Å². The zero-order chi connectivity index (χ0) is 11.5. The van der Waals surface area contributed by atoms with Gasteiger partial charge in [0.15, 0.2) is 0 Å². The lowest BCUT2D eigenvalue weighted by Gasteiger charge is -2.29. The number of rotatable bonds is 2. The highest BCUT2D eigenvalue weighted by Gasteiger charge is 2.23. The fraction of sp³-hybridized carbons (Fsp3) is 0.571. The predicted molar refractivity (Wildman–Crippen MR) is 66.4 cm³/mol. The Morgan fingerprint density at radius 2 is 2.19 bits per heavy atom. The summed E-state index contributed by atoms with van der Waals surface area (Å²) >= 11 is 0. The molecular formula is C14H21NO. The summed E-state index contributed by atoms with van der Waals surface area (Å²) in [4.78, 5) is 0. The van der Waals surface area contributed by atoms with E-state index in [0.717, 1.165) is 19.6 Å². The van der Waals surface area contributed by atoms with Crippen molar-refractivity contribution in [3.63, 3.8) is 0 Å². The SMILES string of the molecule is Cc1cccc(C(N)C2CCCOC2)c1C. The van der Waals surface area contributed by atoms with Crippen molar-refractivity contribution in [2.45, 2.75) is 32.7 Å². The minimum atomic E-state index is 0.125. The molecular weight excluding hydrogens is 198 g/mol. The molecule has 2 N–H and O–H groups in total. The predicted octanol–water partition coefficient (Wildman–Crippen LogP) is 2.73. The highest BCUT2D eigenvalue weighted by atomic mass is 16.5. The summed E-state index contributed by atoms with van der Waals surface area (Å²) in [6, 6.07) is 6.52. The Labute approximate surface area is 97.8 Å². The maximum Gasteiger partial charge on any atom is 0.0512 e. The molecule has 1 aliphatic rings. The van der Waals surface area contributed by atoms with Gasteiger partial charge in [-0.15, -0.1) is 0 Å². The molecule has 0 radical (unpaired) electrons. The topological polar surface area (TPSA) is 35.2 Å². The van der Waals surface area contributed by atoms with Crippen LogP contribution in [0.2, 0.25) is 0 Å². The first kappa shape index (κ1) is 11.6. The molecule has 88 valence electrons. The van der Waals surface area contributed by atoms with Crippen LogP contribution in [0.15, 0.2) is 18.2 Å². The molecule has 2 atom stereocenters. The minimum Gasteiger partial charge on any atom is -0.381 e. The Bertz CT molecular complexity index is 356. The highest BCUT2D eigenvalue weighted by Crippen LogP contribution is 2.29. The lowest BCUT2D eigenvalue weighted by atomic mass is 9.86. The fourth-order valence-corrected chi connectivity index (χ4v) is 2.44. The third kappa shape index (κ3) is 2.28. The summed E-state index contributed by atoms with van der Waals surface area (Å²) in [5.41, 5.74) is 10.3. The van der Waals surface area contributed by atoms with E-state index in [1.165, 1.54) is 23.1 Å². The van der Waals surface area contributed by atoms with Gasteiger partial charge in [-0.2, -0.15) is 0 Å². The first-order valence-corrected chi connectivity index (χ1v) is 6.09. The Kier molecular flexibility index (Phi) is 3.62. The van der Waals surface area contributed by atoms with Crippen LogP contribution >= 0.6 is 0 Å². The highest BCUT2D eigenvalue weighted by molar-refractivity contribution is 5.35. The third-order valence-corrected chi connectivity index (χ3v) is 3.71. The van der Waals surface area contributed by atoms with Gasteiger partial charge in [0.2, 0.25) is 0 Å². The minimum absolute atomic E-state index is 0.125. The molecule has 0 bridgehead atoms. The van der Waals surface area contributed by atoms with Crippen LogP contribution in [0.1, 0.15) is 35.6 Å². The smallest absolute Gasteiger partial charge is 0.0512 e. The molecule has 0 amide bonds. The normalized spacial score (nSPS) is 23.1. The third-order valence-electron chi connectivity index (χ3n) is 3.71. The summed E-state index contributed by atoms with van der Waals surface area (Å²) in [5.74, 6) is 0.481. The summed E-state index contributed by atoms with van der Waals surface area (Å²) in [5, 5.41) is 0. The van der Waals surface area contributed by atoms with Gasteiger partial charge in [0.05, 0.1) is 6.61 Å². The van der Waals surface area contributed by atoms with Crippen molar-refractivity contribution in [3.05, 3.63) is 34.9 Å². The maximum absolute atomic E-state index is 6.36. The van der Waals surface area contributed by atoms with Crippen molar-refractivity contribution in [1.29, 1.82) is 0 Å². The molecule has 1 heterocycles. The van der Waals surface area contributed by atoms with Crippen LogP contribution in [0.3, 0.4) is 0 Å². The monoisotopic (exact) mass is 219 g/mol. The van der Waals surface area contributed by atoms with Crippen LogP contribution in [-0.4, -0.2) is 13.2 Å². The maximum atomic E-state index is 6.36. The molecule has 2 nitrogen and oxygen atoms in total. The number of hydrogen-bond acceptors (Lipinski definition) is 2. The van der Waals surface area contributed by atoms with E-state index in [1.54, 1.807) is 0 Å². The van der Waals surface area contributed by atoms with Crippen molar-refractivity contribution >= 4 is 0 Å². The number of aryl methyl sites for hydroxylation is 1. The summed E-state index contributed by atoms with van der Waals surface area (Å²) < 4.78 is 5.51. The lowest BCUT2D eigenvalue weighted by Crippen LogP contribution is -2.29. The van der Waals surface area contributed by atoms with E-state index in [4.69, 9.17) is 10.5 Å². The lowest BCUT2D eigenvalue weighted by molar-refractivity contribution is 0.0447. The van der Waals surface area contributed by atoms with Crippen molar-refractivity contribution in [1.82, 2.24) is 0 Å². The van der Waals surface area contributed by atoms with E-state index in [-0.39, 0.29) is 6.04 Å². The van der Waals surface area contributed by atoms with E-state index in [9.17, 15) is 0 Å². The van der Waals surface area contributed by atoms with Crippen molar-refractivity contribution in [2.24, 2.45) is 11.7 Å². The summed E-state index contributed by atoms with van der Waals surface area (Å²) in [6.07, 6.45) is 2.33. The standard InChI is InChI=1S/C14H21NO/c1-10-5-3-7-13(11(10)2)14(15)12-6-4-8-16-9-12/h3,5,7,12,14H,4,6,8-9,15H2,1-2H3. The number of nitrogens with two attached hydrogens (primary N) is 1. The van der Waals surface area contributed by atoms with Crippen molar-refractivity contribution in [3.8, 4) is 0 Å². The van der Waals surface area contributed by atoms with E-state index in [1.807, 2.05) is 0 Å². The Hall–Kier alpha value is -0.860. The summed E-state index contributed by atoms with van der Waals surface area (Å²) in [6.45, 7) is 6.02. The molecule has 1 aromatic rings. The molecule has 1 saturated heterocycles. The second-order valence-electron chi connectivity index (χ2n) is 4.79. The molecule has 2 heteroatoms. The van der Waals surface area contributed by atoms with Gasteiger partial charge < -0.3 is 10.5 Å². The first-order chi connectivity index (χ1) is 7.70. The zero-order valence-electron chi connectivity index (χ0n) is 10.2. The quantitative estimate of drug-likeness (QED) is 0.830. The van der Waals surface area contributed by atoms with Gasteiger partial charge in [-0.1, -0.05) is 18.2 Å². The Balaban J connectivity index is 2.19. The van der Waals surface area contributed by atoms with Gasteiger partial charge in [0.25, 0.3) is 0 Å². The van der Waals surface area contributed by atoms with Crippen molar-refractivity contribution < 1.29 is 4.74 Å². The molecule has 1 aromatic carbocycles. The van der Waals surface area contributed by atoms with Gasteiger partial charge in [0.1, 0.15) is 0 Å². The number of ether oxygens (including phenoxy) is 1. The van der Waals surface area contributed by atoms with Gasteiger partial charge in [-0.3, -0.25) is 0 Å². The van der Waals surface area contributed by atoms with Gasteiger partial charge in [-0.05, 0) is 43.4 Å². The molecule has 1 aliphatic heterocycles. The molecule has 2 unspecified atom stereocenters. The van der Waals surface area contributed by atoms with E-state index in [0.29, 0.717) is 5.92 Å².